The fourth-order valence-corrected chi connectivity index (χ4v) is 4.63. The van der Waals surface area contributed by atoms with Gasteiger partial charge in [-0.3, -0.25) is 9.48 Å². The zero-order chi connectivity index (χ0) is 21.2. The molecule has 0 spiro atoms. The summed E-state index contributed by atoms with van der Waals surface area (Å²) in [5.41, 5.74) is 0.255. The van der Waals surface area contributed by atoms with Gasteiger partial charge in [-0.25, -0.2) is 4.39 Å². The molecule has 162 valence electrons. The van der Waals surface area contributed by atoms with E-state index >= 15 is 0 Å². The van der Waals surface area contributed by atoms with Gasteiger partial charge in [-0.2, -0.15) is 10.1 Å². The van der Waals surface area contributed by atoms with Crippen LogP contribution in [0.25, 0.3) is 22.4 Å². The number of alkyl halides is 1. The Labute approximate surface area is 178 Å². The number of ether oxygens (including phenoxy) is 1. The second kappa shape index (κ2) is 6.85. The molecule has 1 amide bonds. The molecule has 0 bridgehead atoms. The quantitative estimate of drug-likeness (QED) is 0.638. The lowest BCUT2D eigenvalue weighted by Crippen LogP contribution is -2.48. The number of amides is 1. The van der Waals surface area contributed by atoms with Gasteiger partial charge in [0.2, 0.25) is 0 Å². The maximum Gasteiger partial charge on any atom is 0.260 e. The Hall–Kier alpha value is -2.81. The molecular weight excluding hydrogens is 401 g/mol. The zero-order valence-electron chi connectivity index (χ0n) is 17.3. The summed E-state index contributed by atoms with van der Waals surface area (Å²) in [6.45, 7) is 3.84. The molecule has 2 aromatic heterocycles. The second-order valence-corrected chi connectivity index (χ2v) is 9.05. The van der Waals surface area contributed by atoms with Crippen molar-refractivity contribution in [3.8, 4) is 11.5 Å². The van der Waals surface area contributed by atoms with Crippen LogP contribution in [0.1, 0.15) is 50.4 Å². The van der Waals surface area contributed by atoms with E-state index in [0.717, 1.165) is 16.5 Å². The minimum atomic E-state index is -1.61. The van der Waals surface area contributed by atoms with Gasteiger partial charge in [-0.05, 0) is 44.7 Å². The summed E-state index contributed by atoms with van der Waals surface area (Å²) in [4.78, 5) is 18.7. The minimum absolute atomic E-state index is 0.0446. The summed E-state index contributed by atoms with van der Waals surface area (Å²) in [6, 6.07) is 6.21. The Balaban J connectivity index is 1.21. The molecule has 3 aromatic rings. The molecule has 1 aliphatic carbocycles. The predicted molar refractivity (Wildman–Crippen MR) is 109 cm³/mol. The second-order valence-electron chi connectivity index (χ2n) is 9.05. The van der Waals surface area contributed by atoms with E-state index in [2.05, 4.69) is 15.2 Å². The molecule has 1 unspecified atom stereocenters. The third-order valence-electron chi connectivity index (χ3n) is 6.83. The first-order valence-corrected chi connectivity index (χ1v) is 10.9. The summed E-state index contributed by atoms with van der Waals surface area (Å²) < 4.78 is 27.1. The number of carbonyl (C=O) groups is 1. The highest BCUT2D eigenvalue weighted by atomic mass is 19.1. The van der Waals surface area contributed by atoms with Crippen LogP contribution in [0, 0.1) is 0 Å². The highest BCUT2D eigenvalue weighted by molar-refractivity contribution is 5.88. The van der Waals surface area contributed by atoms with Gasteiger partial charge < -0.3 is 14.2 Å². The number of likely N-dealkylation sites (tertiary alicyclic amines) is 1. The number of halogens is 1. The van der Waals surface area contributed by atoms with Gasteiger partial charge in [-0.1, -0.05) is 11.2 Å². The van der Waals surface area contributed by atoms with Crippen molar-refractivity contribution in [2.45, 2.75) is 56.3 Å². The largest absolute Gasteiger partial charge is 0.377 e. The number of piperidine rings is 1. The third-order valence-corrected chi connectivity index (χ3v) is 6.83. The number of carbonyl (C=O) groups excluding carboxylic acids is 1. The van der Waals surface area contributed by atoms with Gasteiger partial charge in [0, 0.05) is 29.5 Å². The average molecular weight is 425 g/mol. The van der Waals surface area contributed by atoms with Gasteiger partial charge in [-0.15, -0.1) is 0 Å². The Morgan fingerprint density at radius 3 is 2.84 bits per heavy atom. The fraction of sp³-hybridized carbons (Fsp3) is 0.545. The molecule has 1 saturated carbocycles. The van der Waals surface area contributed by atoms with Crippen LogP contribution in [0.5, 0.6) is 0 Å². The van der Waals surface area contributed by atoms with Crippen LogP contribution in [-0.4, -0.2) is 62.2 Å². The summed E-state index contributed by atoms with van der Waals surface area (Å²) in [5, 5.41) is 9.78. The first-order chi connectivity index (χ1) is 15.0. The van der Waals surface area contributed by atoms with Crippen LogP contribution in [0.2, 0.25) is 0 Å². The number of nitrogens with zero attached hydrogens (tertiary/aromatic N) is 5. The minimum Gasteiger partial charge on any atom is -0.377 e. The molecule has 9 heteroatoms. The van der Waals surface area contributed by atoms with Crippen LogP contribution in [-0.2, 0) is 9.53 Å². The lowest BCUT2D eigenvalue weighted by molar-refractivity contribution is -0.141. The van der Waals surface area contributed by atoms with E-state index in [1.807, 2.05) is 36.0 Å². The molecule has 6 rings (SSSR count). The van der Waals surface area contributed by atoms with E-state index in [-0.39, 0.29) is 23.9 Å². The molecule has 0 radical (unpaired) electrons. The zero-order valence-corrected chi connectivity index (χ0v) is 17.3. The van der Waals surface area contributed by atoms with Crippen LogP contribution in [0.15, 0.2) is 28.9 Å². The molecule has 3 aliphatic rings. The number of benzene rings is 1. The van der Waals surface area contributed by atoms with E-state index in [9.17, 15) is 9.18 Å². The van der Waals surface area contributed by atoms with Crippen molar-refractivity contribution >= 4 is 16.8 Å². The van der Waals surface area contributed by atoms with Gasteiger partial charge >= 0.3 is 0 Å². The first-order valence-electron chi connectivity index (χ1n) is 10.9. The van der Waals surface area contributed by atoms with E-state index in [0.29, 0.717) is 57.2 Å². The van der Waals surface area contributed by atoms with Crippen LogP contribution in [0.3, 0.4) is 0 Å². The topological polar surface area (TPSA) is 86.3 Å². The number of rotatable bonds is 4. The van der Waals surface area contributed by atoms with Crippen molar-refractivity contribution in [2.75, 3.05) is 19.8 Å². The molecule has 0 N–H and O–H groups in total. The Morgan fingerprint density at radius 1 is 1.29 bits per heavy atom. The standard InChI is InChI=1S/C22H24FN5O3/c1-13-8-14(4-7-27(13)21(29)22(23)5-6-22)19-25-20(31-26-19)15-2-3-16-10-24-28(18(16)9-15)17-11-30-12-17/h2-3,9-10,13-14,17H,4-8,11-12H2,1H3/t13-,14?/m0/s1. The Bertz CT molecular complexity index is 1150. The lowest BCUT2D eigenvalue weighted by atomic mass is 9.90. The third kappa shape index (κ3) is 3.13. The first kappa shape index (κ1) is 18.9. The molecule has 4 heterocycles. The van der Waals surface area contributed by atoms with Crippen molar-refractivity contribution in [2.24, 2.45) is 0 Å². The van der Waals surface area contributed by atoms with E-state index < -0.39 is 5.67 Å². The maximum atomic E-state index is 14.2. The number of hydrogen-bond acceptors (Lipinski definition) is 6. The number of aromatic nitrogens is 4. The van der Waals surface area contributed by atoms with Crippen LogP contribution >= 0.6 is 0 Å². The molecule has 3 fully saturated rings. The van der Waals surface area contributed by atoms with Gasteiger partial charge in [0.05, 0.1) is 31.0 Å². The maximum absolute atomic E-state index is 14.2. The summed E-state index contributed by atoms with van der Waals surface area (Å²) in [7, 11) is 0. The summed E-state index contributed by atoms with van der Waals surface area (Å²) >= 11 is 0. The lowest BCUT2D eigenvalue weighted by Gasteiger charge is -2.37. The highest BCUT2D eigenvalue weighted by Gasteiger charge is 2.54. The van der Waals surface area contributed by atoms with Crippen molar-refractivity contribution in [1.29, 1.82) is 0 Å². The van der Waals surface area contributed by atoms with E-state index in [1.165, 1.54) is 0 Å². The van der Waals surface area contributed by atoms with E-state index in [4.69, 9.17) is 9.26 Å². The molecule has 31 heavy (non-hydrogen) atoms. The molecule has 2 saturated heterocycles. The highest BCUT2D eigenvalue weighted by Crippen LogP contribution is 2.43. The monoisotopic (exact) mass is 425 g/mol. The Kier molecular flexibility index (Phi) is 4.18. The van der Waals surface area contributed by atoms with Gasteiger partial charge in [0.1, 0.15) is 0 Å². The van der Waals surface area contributed by atoms with E-state index in [1.54, 1.807) is 4.90 Å². The molecule has 8 nitrogen and oxygen atoms in total. The van der Waals surface area contributed by atoms with Crippen LogP contribution < -0.4 is 0 Å². The summed E-state index contributed by atoms with van der Waals surface area (Å²) in [6.07, 6.45) is 3.97. The normalized spacial score (nSPS) is 25.5. The van der Waals surface area contributed by atoms with Gasteiger partial charge in [0.15, 0.2) is 11.5 Å². The van der Waals surface area contributed by atoms with Crippen molar-refractivity contribution < 1.29 is 18.4 Å². The average Bonchev–Trinajstić information content (AvgIpc) is 3.14. The molecule has 2 atom stereocenters. The van der Waals surface area contributed by atoms with Crippen molar-refractivity contribution in [3.05, 3.63) is 30.2 Å². The van der Waals surface area contributed by atoms with Crippen LogP contribution in [0.4, 0.5) is 4.39 Å². The predicted octanol–water partition coefficient (Wildman–Crippen LogP) is 3.25. The number of fused-ring (bicyclic) bond motifs is 1. The smallest absolute Gasteiger partial charge is 0.260 e. The SMILES string of the molecule is C[C@H]1CC(c2noc(-c3ccc4cnn(C5COC5)c4c3)n2)CCN1C(=O)C1(F)CC1. The van der Waals surface area contributed by atoms with Gasteiger partial charge in [0.25, 0.3) is 11.8 Å². The molecule has 1 aromatic carbocycles. The molecule has 2 aliphatic heterocycles. The van der Waals surface area contributed by atoms with Crippen molar-refractivity contribution in [3.63, 3.8) is 0 Å². The summed E-state index contributed by atoms with van der Waals surface area (Å²) in [5.74, 6) is 0.861. The van der Waals surface area contributed by atoms with Crippen molar-refractivity contribution in [1.82, 2.24) is 24.8 Å². The fourth-order valence-electron chi connectivity index (χ4n) is 4.63. The molecular formula is C22H24FN5O3. The Morgan fingerprint density at radius 2 is 2.13 bits per heavy atom. The number of hydrogen-bond donors (Lipinski definition) is 0.